The molecule has 3 rings (SSSR count). The van der Waals surface area contributed by atoms with Crippen molar-refractivity contribution >= 4 is 39.7 Å². The second kappa shape index (κ2) is 8.84. The van der Waals surface area contributed by atoms with E-state index in [9.17, 15) is 4.79 Å². The van der Waals surface area contributed by atoms with Gasteiger partial charge in [-0.1, -0.05) is 33.6 Å². The van der Waals surface area contributed by atoms with Gasteiger partial charge < -0.3 is 9.30 Å². The maximum Gasteiger partial charge on any atom is 0.275 e. The van der Waals surface area contributed by atoms with E-state index in [0.29, 0.717) is 11.3 Å². The summed E-state index contributed by atoms with van der Waals surface area (Å²) in [5, 5.41) is 4.85. The van der Waals surface area contributed by atoms with Crippen LogP contribution in [0.4, 0.5) is 0 Å². The lowest BCUT2D eigenvalue weighted by Crippen LogP contribution is -2.18. The van der Waals surface area contributed by atoms with E-state index < -0.39 is 0 Å². The van der Waals surface area contributed by atoms with Gasteiger partial charge in [0, 0.05) is 32.1 Å². The third-order valence-electron chi connectivity index (χ3n) is 4.66. The van der Waals surface area contributed by atoms with Gasteiger partial charge in [0.1, 0.15) is 5.75 Å². The van der Waals surface area contributed by atoms with Gasteiger partial charge in [0.15, 0.2) is 0 Å². The zero-order valence-electron chi connectivity index (χ0n) is 16.6. The fraction of sp³-hybridized carbons (Fsp3) is 0.182. The molecule has 1 amide bonds. The Morgan fingerprint density at radius 2 is 1.93 bits per heavy atom. The zero-order chi connectivity index (χ0) is 21.1. The fourth-order valence-corrected chi connectivity index (χ4v) is 3.65. The van der Waals surface area contributed by atoms with E-state index in [1.807, 2.05) is 51.1 Å². The Labute approximate surface area is 183 Å². The van der Waals surface area contributed by atoms with Crippen molar-refractivity contribution in [3.8, 4) is 11.4 Å². The maximum absolute atomic E-state index is 12.5. The van der Waals surface area contributed by atoms with Crippen molar-refractivity contribution in [1.82, 2.24) is 9.99 Å². The number of ether oxygens (including phenoxy) is 1. The molecule has 0 saturated carbocycles. The second-order valence-electron chi connectivity index (χ2n) is 6.64. The molecule has 0 atom stereocenters. The Morgan fingerprint density at radius 1 is 1.17 bits per heavy atom. The number of halogens is 2. The van der Waals surface area contributed by atoms with Crippen LogP contribution in [-0.4, -0.2) is 23.8 Å². The number of rotatable bonds is 5. The quantitative estimate of drug-likeness (QED) is 0.387. The molecule has 29 heavy (non-hydrogen) atoms. The number of nitrogens with one attached hydrogen (secondary N) is 1. The average molecular weight is 475 g/mol. The van der Waals surface area contributed by atoms with Gasteiger partial charge in [0.2, 0.25) is 0 Å². The highest BCUT2D eigenvalue weighted by atomic mass is 79.9. The van der Waals surface area contributed by atoms with Crippen molar-refractivity contribution in [1.29, 1.82) is 0 Å². The smallest absolute Gasteiger partial charge is 0.275 e. The highest BCUT2D eigenvalue weighted by molar-refractivity contribution is 9.10. The molecule has 0 radical (unpaired) electrons. The highest BCUT2D eigenvalue weighted by Gasteiger charge is 2.13. The summed E-state index contributed by atoms with van der Waals surface area (Å²) in [4.78, 5) is 12.5. The van der Waals surface area contributed by atoms with Crippen LogP contribution in [0.15, 0.2) is 52.0 Å². The molecule has 1 N–H and O–H groups in total. The number of aryl methyl sites for hydroxylation is 2. The number of hydrogen-bond acceptors (Lipinski definition) is 3. The lowest BCUT2D eigenvalue weighted by Gasteiger charge is -2.11. The molecule has 0 unspecified atom stereocenters. The van der Waals surface area contributed by atoms with Gasteiger partial charge in [-0.3, -0.25) is 4.79 Å². The van der Waals surface area contributed by atoms with E-state index in [0.717, 1.165) is 37.7 Å². The molecule has 0 aliphatic rings. The van der Waals surface area contributed by atoms with Crippen LogP contribution in [0.2, 0.25) is 5.02 Å². The lowest BCUT2D eigenvalue weighted by molar-refractivity contribution is 0.0952. The molecule has 150 valence electrons. The fourth-order valence-electron chi connectivity index (χ4n) is 3.11. The Balaban J connectivity index is 1.82. The van der Waals surface area contributed by atoms with Gasteiger partial charge in [-0.25, -0.2) is 5.43 Å². The van der Waals surface area contributed by atoms with E-state index in [4.69, 9.17) is 16.3 Å². The minimum Gasteiger partial charge on any atom is -0.496 e. The molecule has 1 aromatic heterocycles. The number of aromatic nitrogens is 1. The lowest BCUT2D eigenvalue weighted by atomic mass is 10.2. The molecule has 0 fully saturated rings. The van der Waals surface area contributed by atoms with Crippen molar-refractivity contribution in [3.63, 3.8) is 0 Å². The largest absolute Gasteiger partial charge is 0.496 e. The van der Waals surface area contributed by atoms with Crippen LogP contribution < -0.4 is 10.2 Å². The summed E-state index contributed by atoms with van der Waals surface area (Å²) in [6.07, 6.45) is 1.64. The predicted molar refractivity (Wildman–Crippen MR) is 121 cm³/mol. The molecular weight excluding hydrogens is 454 g/mol. The first-order valence-electron chi connectivity index (χ1n) is 8.94. The monoisotopic (exact) mass is 473 g/mol. The Hall–Kier alpha value is -2.57. The summed E-state index contributed by atoms with van der Waals surface area (Å²) in [6, 6.07) is 13.2. The summed E-state index contributed by atoms with van der Waals surface area (Å²) in [6.45, 7) is 5.99. The van der Waals surface area contributed by atoms with Gasteiger partial charge in [-0.15, -0.1) is 0 Å². The molecule has 7 heteroatoms. The first-order valence-corrected chi connectivity index (χ1v) is 10.1. The first-order chi connectivity index (χ1) is 13.8. The van der Waals surface area contributed by atoms with Gasteiger partial charge in [-0.05, 0) is 62.7 Å². The molecule has 0 aliphatic heterocycles. The van der Waals surface area contributed by atoms with Crippen molar-refractivity contribution in [2.75, 3.05) is 7.11 Å². The molecule has 5 nitrogen and oxygen atoms in total. The standard InChI is InChI=1S/C22H21BrClN3O2/c1-13-5-7-18(11-20(13)24)27-14(2)9-16(15(27)3)12-25-26-22(28)19-10-17(23)6-8-21(19)29-4/h5-12H,1-4H3,(H,26,28)/b25-12-. The summed E-state index contributed by atoms with van der Waals surface area (Å²) in [5.41, 5.74) is 7.93. The Morgan fingerprint density at radius 3 is 2.62 bits per heavy atom. The van der Waals surface area contributed by atoms with Gasteiger partial charge in [0.25, 0.3) is 5.91 Å². The van der Waals surface area contributed by atoms with Crippen molar-refractivity contribution < 1.29 is 9.53 Å². The van der Waals surface area contributed by atoms with Crippen molar-refractivity contribution in [3.05, 3.63) is 80.0 Å². The number of hydrogen-bond donors (Lipinski definition) is 1. The highest BCUT2D eigenvalue weighted by Crippen LogP contribution is 2.25. The Kier molecular flexibility index (Phi) is 6.45. The zero-order valence-corrected chi connectivity index (χ0v) is 18.9. The Bertz CT molecular complexity index is 1110. The predicted octanol–water partition coefficient (Wildman–Crippen LogP) is 5.59. The van der Waals surface area contributed by atoms with Crippen LogP contribution >= 0.6 is 27.5 Å². The number of nitrogens with zero attached hydrogens (tertiary/aromatic N) is 2. The molecule has 3 aromatic rings. The van der Waals surface area contributed by atoms with Crippen LogP contribution in [0.5, 0.6) is 5.75 Å². The van der Waals surface area contributed by atoms with Crippen molar-refractivity contribution in [2.45, 2.75) is 20.8 Å². The molecule has 0 saturated heterocycles. The van der Waals surface area contributed by atoms with Crippen molar-refractivity contribution in [2.24, 2.45) is 5.10 Å². The van der Waals surface area contributed by atoms with Gasteiger partial charge >= 0.3 is 0 Å². The van der Waals surface area contributed by atoms with E-state index in [1.54, 1.807) is 18.3 Å². The minimum atomic E-state index is -0.349. The SMILES string of the molecule is COc1ccc(Br)cc1C(=O)N/N=C\c1cc(C)n(-c2ccc(C)c(Cl)c2)c1C. The number of amides is 1. The first kappa shape index (κ1) is 21.1. The van der Waals surface area contributed by atoms with Crippen LogP contribution in [0.25, 0.3) is 5.69 Å². The van der Waals surface area contributed by atoms with Gasteiger partial charge in [0.05, 0.1) is 18.9 Å². The number of carbonyl (C=O) groups excluding carboxylic acids is 1. The third kappa shape index (κ3) is 4.54. The molecule has 1 heterocycles. The molecule has 0 bridgehead atoms. The van der Waals surface area contributed by atoms with Crippen LogP contribution in [-0.2, 0) is 0 Å². The van der Waals surface area contributed by atoms with E-state index in [1.165, 1.54) is 7.11 Å². The molecule has 0 aliphatic carbocycles. The number of methoxy groups -OCH3 is 1. The summed E-state index contributed by atoms with van der Waals surface area (Å²) in [7, 11) is 1.52. The summed E-state index contributed by atoms with van der Waals surface area (Å²) >= 11 is 9.65. The number of benzene rings is 2. The van der Waals surface area contributed by atoms with E-state index in [-0.39, 0.29) is 5.91 Å². The number of carbonyl (C=O) groups is 1. The van der Waals surface area contributed by atoms with E-state index >= 15 is 0 Å². The van der Waals surface area contributed by atoms with Gasteiger partial charge in [-0.2, -0.15) is 5.10 Å². The normalized spacial score (nSPS) is 11.1. The van der Waals surface area contributed by atoms with Crippen LogP contribution in [0.3, 0.4) is 0 Å². The average Bonchev–Trinajstić information content (AvgIpc) is 2.97. The minimum absolute atomic E-state index is 0.349. The number of hydrazone groups is 1. The molecule has 0 spiro atoms. The second-order valence-corrected chi connectivity index (χ2v) is 7.96. The van der Waals surface area contributed by atoms with Crippen LogP contribution in [0.1, 0.15) is 32.9 Å². The van der Waals surface area contributed by atoms with E-state index in [2.05, 4.69) is 31.0 Å². The van der Waals surface area contributed by atoms with Crippen LogP contribution in [0, 0.1) is 20.8 Å². The summed E-state index contributed by atoms with van der Waals surface area (Å²) in [5.74, 6) is 0.133. The maximum atomic E-state index is 12.5. The molecule has 2 aromatic carbocycles. The third-order valence-corrected chi connectivity index (χ3v) is 5.56. The molecular formula is C22H21BrClN3O2. The summed E-state index contributed by atoms with van der Waals surface area (Å²) < 4.78 is 8.13. The topological polar surface area (TPSA) is 55.6 Å².